The van der Waals surface area contributed by atoms with E-state index in [0.29, 0.717) is 10.9 Å². The fourth-order valence-electron chi connectivity index (χ4n) is 1.58. The molecule has 4 heteroatoms. The van der Waals surface area contributed by atoms with Crippen LogP contribution in [0.3, 0.4) is 0 Å². The number of carbonyl (C=O) groups is 1. The number of hydrogen-bond donors (Lipinski definition) is 1. The maximum absolute atomic E-state index is 12.9. The largest absolute Gasteiger partial charge is 0.481 e. The van der Waals surface area contributed by atoms with Crippen LogP contribution in [0.25, 0.3) is 0 Å². The van der Waals surface area contributed by atoms with Crippen LogP contribution in [0.4, 0.5) is 4.39 Å². The van der Waals surface area contributed by atoms with Crippen LogP contribution >= 0.6 is 15.9 Å². The lowest BCUT2D eigenvalue weighted by molar-refractivity contribution is -0.138. The van der Waals surface area contributed by atoms with Crippen LogP contribution in [0.2, 0.25) is 0 Å². The molecule has 14 heavy (non-hydrogen) atoms. The molecule has 0 heterocycles. The summed E-state index contributed by atoms with van der Waals surface area (Å²) in [4.78, 5) is 10.6. The van der Waals surface area contributed by atoms with Crippen molar-refractivity contribution in [2.75, 3.05) is 0 Å². The highest BCUT2D eigenvalue weighted by Gasteiger charge is 2.44. The summed E-state index contributed by atoms with van der Waals surface area (Å²) in [7, 11) is 0. The number of aliphatic carboxylic acids is 1. The fourth-order valence-corrected chi connectivity index (χ4v) is 1.98. The normalized spacial score (nSPS) is 24.7. The van der Waals surface area contributed by atoms with E-state index in [1.807, 2.05) is 0 Å². The second-order valence-electron chi connectivity index (χ2n) is 3.46. The van der Waals surface area contributed by atoms with Gasteiger partial charge in [-0.25, -0.2) is 4.39 Å². The highest BCUT2D eigenvalue weighted by molar-refractivity contribution is 9.10. The molecule has 0 amide bonds. The first-order valence-electron chi connectivity index (χ1n) is 4.27. The lowest BCUT2D eigenvalue weighted by Gasteiger charge is -2.00. The van der Waals surface area contributed by atoms with Crippen molar-refractivity contribution in [2.24, 2.45) is 5.92 Å². The molecule has 1 N–H and O–H groups in total. The van der Waals surface area contributed by atoms with Crippen LogP contribution in [-0.2, 0) is 4.79 Å². The smallest absolute Gasteiger partial charge is 0.307 e. The Kier molecular flexibility index (Phi) is 2.31. The van der Waals surface area contributed by atoms with E-state index in [0.717, 1.165) is 5.56 Å². The Morgan fingerprint density at radius 3 is 2.79 bits per heavy atom. The van der Waals surface area contributed by atoms with Crippen molar-refractivity contribution in [2.45, 2.75) is 12.3 Å². The summed E-state index contributed by atoms with van der Waals surface area (Å²) >= 11 is 3.08. The number of carboxylic acids is 1. The number of carboxylic acid groups (broad SMARTS) is 1. The monoisotopic (exact) mass is 258 g/mol. The van der Waals surface area contributed by atoms with Gasteiger partial charge < -0.3 is 5.11 Å². The number of halogens is 2. The van der Waals surface area contributed by atoms with Crippen LogP contribution in [0.15, 0.2) is 22.7 Å². The molecule has 1 aromatic rings. The molecule has 0 aliphatic heterocycles. The molecule has 0 saturated heterocycles. The molecule has 2 nitrogen and oxygen atoms in total. The first-order valence-corrected chi connectivity index (χ1v) is 5.06. The quantitative estimate of drug-likeness (QED) is 0.886. The Hall–Kier alpha value is -0.900. The Morgan fingerprint density at radius 1 is 1.57 bits per heavy atom. The average molecular weight is 259 g/mol. The molecular formula is C10H8BrFO2. The van der Waals surface area contributed by atoms with Gasteiger partial charge in [-0.1, -0.05) is 6.07 Å². The maximum atomic E-state index is 12.9. The lowest BCUT2D eigenvalue weighted by Crippen LogP contribution is -1.98. The topological polar surface area (TPSA) is 37.3 Å². The minimum Gasteiger partial charge on any atom is -0.481 e. The minimum absolute atomic E-state index is 0.0596. The third-order valence-corrected chi connectivity index (χ3v) is 3.09. The molecule has 2 unspecified atom stereocenters. The molecule has 0 aromatic heterocycles. The van der Waals surface area contributed by atoms with Crippen molar-refractivity contribution >= 4 is 21.9 Å². The minimum atomic E-state index is -0.768. The Bertz CT molecular complexity index is 392. The van der Waals surface area contributed by atoms with Crippen molar-refractivity contribution in [1.29, 1.82) is 0 Å². The first-order chi connectivity index (χ1) is 6.59. The molecule has 1 aliphatic carbocycles. The second-order valence-corrected chi connectivity index (χ2v) is 4.31. The molecule has 1 saturated carbocycles. The lowest BCUT2D eigenvalue weighted by atomic mass is 10.1. The second kappa shape index (κ2) is 3.35. The van der Waals surface area contributed by atoms with Crippen molar-refractivity contribution in [3.05, 3.63) is 34.1 Å². The molecule has 1 fully saturated rings. The van der Waals surface area contributed by atoms with Crippen molar-refractivity contribution in [1.82, 2.24) is 0 Å². The summed E-state index contributed by atoms with van der Waals surface area (Å²) in [6, 6.07) is 4.66. The summed E-state index contributed by atoms with van der Waals surface area (Å²) in [6.07, 6.45) is 0.660. The zero-order valence-corrected chi connectivity index (χ0v) is 8.79. The van der Waals surface area contributed by atoms with E-state index in [9.17, 15) is 9.18 Å². The highest BCUT2D eigenvalue weighted by Crippen LogP contribution is 2.48. The predicted octanol–water partition coefficient (Wildman–Crippen LogP) is 2.78. The SMILES string of the molecule is O=C(O)C1CC1c1ccc(F)c(Br)c1. The summed E-state index contributed by atoms with van der Waals surface area (Å²) in [5, 5.41) is 8.72. The van der Waals surface area contributed by atoms with Gasteiger partial charge in [0.1, 0.15) is 5.82 Å². The predicted molar refractivity (Wildman–Crippen MR) is 52.6 cm³/mol. The van der Waals surface area contributed by atoms with Gasteiger partial charge in [0.25, 0.3) is 0 Å². The van der Waals surface area contributed by atoms with Gasteiger partial charge in [0.05, 0.1) is 10.4 Å². The van der Waals surface area contributed by atoms with Gasteiger partial charge in [-0.15, -0.1) is 0 Å². The van der Waals surface area contributed by atoms with E-state index < -0.39 is 5.97 Å². The summed E-state index contributed by atoms with van der Waals surface area (Å²) in [5.41, 5.74) is 0.894. The van der Waals surface area contributed by atoms with Crippen LogP contribution in [0.1, 0.15) is 17.9 Å². The first kappa shape index (κ1) is 9.65. The Balaban J connectivity index is 2.20. The molecule has 0 bridgehead atoms. The van der Waals surface area contributed by atoms with Crippen molar-refractivity contribution in [3.63, 3.8) is 0 Å². The molecule has 0 spiro atoms. The number of rotatable bonds is 2. The van der Waals surface area contributed by atoms with Gasteiger partial charge in [-0.05, 0) is 46.0 Å². The van der Waals surface area contributed by atoms with Gasteiger partial charge in [0.2, 0.25) is 0 Å². The van der Waals surface area contributed by atoms with E-state index in [1.54, 1.807) is 12.1 Å². The van der Waals surface area contributed by atoms with Crippen molar-refractivity contribution < 1.29 is 14.3 Å². The summed E-state index contributed by atoms with van der Waals surface area (Å²) in [5.74, 6) is -1.31. The van der Waals surface area contributed by atoms with Crippen LogP contribution in [-0.4, -0.2) is 11.1 Å². The maximum Gasteiger partial charge on any atom is 0.307 e. The summed E-state index contributed by atoms with van der Waals surface area (Å²) in [6.45, 7) is 0. The van der Waals surface area contributed by atoms with Gasteiger partial charge in [0, 0.05) is 0 Å². The Labute approximate surface area is 88.9 Å². The van der Waals surface area contributed by atoms with Crippen LogP contribution in [0, 0.1) is 11.7 Å². The average Bonchev–Trinajstić information content (AvgIpc) is 2.89. The fraction of sp³-hybridized carbons (Fsp3) is 0.300. The van der Waals surface area contributed by atoms with Gasteiger partial charge in [0.15, 0.2) is 0 Å². The Morgan fingerprint density at radius 2 is 2.29 bits per heavy atom. The highest BCUT2D eigenvalue weighted by atomic mass is 79.9. The molecule has 2 atom stereocenters. The van der Waals surface area contributed by atoms with Crippen LogP contribution in [0.5, 0.6) is 0 Å². The zero-order valence-electron chi connectivity index (χ0n) is 7.21. The molecule has 2 rings (SSSR count). The number of benzene rings is 1. The van der Waals surface area contributed by atoms with Gasteiger partial charge >= 0.3 is 5.97 Å². The van der Waals surface area contributed by atoms with Crippen molar-refractivity contribution in [3.8, 4) is 0 Å². The van der Waals surface area contributed by atoms with E-state index in [2.05, 4.69) is 15.9 Å². The van der Waals surface area contributed by atoms with E-state index >= 15 is 0 Å². The van der Waals surface area contributed by atoms with E-state index in [1.165, 1.54) is 6.07 Å². The molecule has 1 aromatic carbocycles. The molecule has 1 aliphatic rings. The third kappa shape index (κ3) is 1.66. The zero-order chi connectivity index (χ0) is 10.3. The molecule has 0 radical (unpaired) electrons. The number of hydrogen-bond acceptors (Lipinski definition) is 1. The summed E-state index contributed by atoms with van der Waals surface area (Å²) < 4.78 is 13.3. The van der Waals surface area contributed by atoms with Gasteiger partial charge in [-0.2, -0.15) is 0 Å². The third-order valence-electron chi connectivity index (χ3n) is 2.48. The molecule has 74 valence electrons. The van der Waals surface area contributed by atoms with Crippen LogP contribution < -0.4 is 0 Å². The van der Waals surface area contributed by atoms with E-state index in [-0.39, 0.29) is 17.7 Å². The standard InChI is InChI=1S/C10H8BrFO2/c11-8-3-5(1-2-9(8)12)6-4-7(6)10(13)14/h1-3,6-7H,4H2,(H,13,14). The van der Waals surface area contributed by atoms with Gasteiger partial charge in [-0.3, -0.25) is 4.79 Å². The van der Waals surface area contributed by atoms with E-state index in [4.69, 9.17) is 5.11 Å². The molecular weight excluding hydrogens is 251 g/mol.